The molecule has 0 saturated carbocycles. The van der Waals surface area contributed by atoms with Crippen LogP contribution in [-0.4, -0.2) is 65.1 Å². The molecule has 8 heteroatoms. The van der Waals surface area contributed by atoms with Gasteiger partial charge in [-0.1, -0.05) is 6.07 Å². The fraction of sp³-hybridized carbons (Fsp3) is 0.524. The molecule has 1 aromatic carbocycles. The summed E-state index contributed by atoms with van der Waals surface area (Å²) in [6.45, 7) is 3.88. The molecule has 5 rings (SSSR count). The first-order chi connectivity index (χ1) is 14.0. The van der Waals surface area contributed by atoms with Gasteiger partial charge in [0, 0.05) is 32.1 Å². The summed E-state index contributed by atoms with van der Waals surface area (Å²) in [4.78, 5) is 52.7. The Morgan fingerprint density at radius 1 is 1.00 bits per heavy atom. The first-order valence-electron chi connectivity index (χ1n) is 10.3. The van der Waals surface area contributed by atoms with Crippen LogP contribution in [0.1, 0.15) is 52.0 Å². The quantitative estimate of drug-likeness (QED) is 0.712. The number of imide groups is 2. The van der Waals surface area contributed by atoms with Crippen LogP contribution in [0.15, 0.2) is 18.2 Å². The summed E-state index contributed by atoms with van der Waals surface area (Å²) in [5, 5.41) is 5.78. The largest absolute Gasteiger partial charge is 0.313 e. The third kappa shape index (κ3) is 3.26. The van der Waals surface area contributed by atoms with Crippen molar-refractivity contribution in [3.63, 3.8) is 0 Å². The molecule has 4 amide bonds. The molecule has 0 spiro atoms. The number of piperidine rings is 3. The summed E-state index contributed by atoms with van der Waals surface area (Å²) in [6, 6.07) is 4.99. The number of fused-ring (bicyclic) bond motifs is 3. The number of hydrogen-bond donors (Lipinski definition) is 2. The number of carbonyl (C=O) groups is 4. The maximum atomic E-state index is 13.0. The first-order valence-corrected chi connectivity index (χ1v) is 10.3. The molecule has 2 N–H and O–H groups in total. The molecular formula is C21H24N4O4. The Hall–Kier alpha value is -2.58. The van der Waals surface area contributed by atoms with Crippen LogP contribution in [0.3, 0.4) is 0 Å². The van der Waals surface area contributed by atoms with Crippen molar-refractivity contribution in [2.24, 2.45) is 5.92 Å². The molecule has 4 heterocycles. The molecule has 0 aliphatic carbocycles. The van der Waals surface area contributed by atoms with Gasteiger partial charge in [-0.25, -0.2) is 0 Å². The summed E-state index contributed by atoms with van der Waals surface area (Å²) in [7, 11) is 0. The number of nitrogens with one attached hydrogen (secondary N) is 2. The Labute approximate surface area is 168 Å². The van der Waals surface area contributed by atoms with E-state index in [1.165, 1.54) is 12.8 Å². The second-order valence-electron chi connectivity index (χ2n) is 8.56. The van der Waals surface area contributed by atoms with E-state index < -0.39 is 23.8 Å². The molecule has 152 valence electrons. The van der Waals surface area contributed by atoms with Gasteiger partial charge >= 0.3 is 0 Å². The van der Waals surface area contributed by atoms with Gasteiger partial charge in [0.05, 0.1) is 11.1 Å². The predicted molar refractivity (Wildman–Crippen MR) is 103 cm³/mol. The van der Waals surface area contributed by atoms with Crippen molar-refractivity contribution in [1.82, 2.24) is 20.4 Å². The van der Waals surface area contributed by atoms with Crippen molar-refractivity contribution in [3.8, 4) is 0 Å². The molecule has 8 nitrogen and oxygen atoms in total. The van der Waals surface area contributed by atoms with Crippen LogP contribution in [0.5, 0.6) is 0 Å². The minimum atomic E-state index is -0.920. The van der Waals surface area contributed by atoms with Gasteiger partial charge in [0.25, 0.3) is 11.8 Å². The van der Waals surface area contributed by atoms with Gasteiger partial charge in [0.2, 0.25) is 11.8 Å². The van der Waals surface area contributed by atoms with E-state index in [-0.39, 0.29) is 18.7 Å². The Bertz CT molecular complexity index is 902. The molecule has 0 aromatic heterocycles. The maximum absolute atomic E-state index is 13.0. The standard InChI is InChI=1S/C21H24N4O4/c26-18-4-3-17(19(27)23-18)25-20(28)15-2-1-12(8-16(15)21(25)29)9-24-10-13-5-6-22-14(7-13)11-24/h1-2,8,13-14,17,22H,3-7,9-11H2,(H,23,26,27). The van der Waals surface area contributed by atoms with E-state index in [0.717, 1.165) is 42.6 Å². The highest BCUT2D eigenvalue weighted by atomic mass is 16.2. The Kier molecular flexibility index (Phi) is 4.48. The smallest absolute Gasteiger partial charge is 0.262 e. The molecule has 29 heavy (non-hydrogen) atoms. The van der Waals surface area contributed by atoms with Gasteiger partial charge in [-0.3, -0.25) is 34.3 Å². The van der Waals surface area contributed by atoms with E-state index in [9.17, 15) is 19.2 Å². The monoisotopic (exact) mass is 396 g/mol. The number of benzene rings is 1. The summed E-state index contributed by atoms with van der Waals surface area (Å²) in [6.07, 6.45) is 2.73. The molecule has 3 unspecified atom stereocenters. The topological polar surface area (TPSA) is 98.8 Å². The molecule has 3 fully saturated rings. The van der Waals surface area contributed by atoms with Crippen LogP contribution in [-0.2, 0) is 16.1 Å². The lowest BCUT2D eigenvalue weighted by molar-refractivity contribution is -0.136. The van der Waals surface area contributed by atoms with Gasteiger partial charge < -0.3 is 5.32 Å². The normalized spacial score (nSPS) is 29.8. The summed E-state index contributed by atoms with van der Waals surface area (Å²) in [5.41, 5.74) is 1.68. The number of rotatable bonds is 3. The van der Waals surface area contributed by atoms with E-state index in [1.54, 1.807) is 12.1 Å². The highest BCUT2D eigenvalue weighted by molar-refractivity contribution is 6.23. The van der Waals surface area contributed by atoms with Crippen molar-refractivity contribution >= 4 is 23.6 Å². The van der Waals surface area contributed by atoms with Crippen LogP contribution in [0.25, 0.3) is 0 Å². The molecule has 2 bridgehead atoms. The van der Waals surface area contributed by atoms with Gasteiger partial charge in [0.1, 0.15) is 6.04 Å². The van der Waals surface area contributed by atoms with Gasteiger partial charge in [-0.05, 0) is 49.4 Å². The number of hydrogen-bond acceptors (Lipinski definition) is 6. The highest BCUT2D eigenvalue weighted by Crippen LogP contribution is 2.30. The van der Waals surface area contributed by atoms with Crippen LogP contribution in [0, 0.1) is 5.92 Å². The van der Waals surface area contributed by atoms with Crippen LogP contribution in [0.4, 0.5) is 0 Å². The first kappa shape index (κ1) is 18.4. The van der Waals surface area contributed by atoms with E-state index in [1.807, 2.05) is 6.07 Å². The molecule has 0 radical (unpaired) electrons. The Balaban J connectivity index is 1.34. The van der Waals surface area contributed by atoms with E-state index >= 15 is 0 Å². The van der Waals surface area contributed by atoms with Crippen molar-refractivity contribution in [1.29, 1.82) is 0 Å². The molecule has 3 atom stereocenters. The molecule has 3 saturated heterocycles. The molecular weight excluding hydrogens is 372 g/mol. The lowest BCUT2D eigenvalue weighted by Crippen LogP contribution is -2.54. The lowest BCUT2D eigenvalue weighted by atomic mass is 9.88. The second-order valence-corrected chi connectivity index (χ2v) is 8.56. The average Bonchev–Trinajstić information content (AvgIpc) is 2.92. The van der Waals surface area contributed by atoms with E-state index in [4.69, 9.17) is 0 Å². The van der Waals surface area contributed by atoms with Gasteiger partial charge in [0.15, 0.2) is 0 Å². The Morgan fingerprint density at radius 3 is 2.62 bits per heavy atom. The highest BCUT2D eigenvalue weighted by Gasteiger charge is 2.44. The van der Waals surface area contributed by atoms with E-state index in [0.29, 0.717) is 17.2 Å². The van der Waals surface area contributed by atoms with Crippen molar-refractivity contribution in [2.75, 3.05) is 19.6 Å². The molecule has 4 aliphatic rings. The van der Waals surface area contributed by atoms with Crippen molar-refractivity contribution < 1.29 is 19.2 Å². The third-order valence-corrected chi connectivity index (χ3v) is 6.51. The predicted octanol–water partition coefficient (Wildman–Crippen LogP) is 0.272. The number of carbonyl (C=O) groups excluding carboxylic acids is 4. The van der Waals surface area contributed by atoms with E-state index in [2.05, 4.69) is 15.5 Å². The second kappa shape index (κ2) is 7.03. The number of amides is 4. The lowest BCUT2D eigenvalue weighted by Gasteiger charge is -2.42. The van der Waals surface area contributed by atoms with Gasteiger partial charge in [-0.15, -0.1) is 0 Å². The van der Waals surface area contributed by atoms with Crippen LogP contribution >= 0.6 is 0 Å². The van der Waals surface area contributed by atoms with Crippen molar-refractivity contribution in [2.45, 2.75) is 44.3 Å². The minimum Gasteiger partial charge on any atom is -0.313 e. The van der Waals surface area contributed by atoms with Gasteiger partial charge in [-0.2, -0.15) is 0 Å². The summed E-state index contributed by atoms with van der Waals surface area (Å²) >= 11 is 0. The summed E-state index contributed by atoms with van der Waals surface area (Å²) in [5.74, 6) is -1.13. The molecule has 4 aliphatic heterocycles. The third-order valence-electron chi connectivity index (χ3n) is 6.51. The fourth-order valence-electron chi connectivity index (χ4n) is 5.16. The van der Waals surface area contributed by atoms with Crippen LogP contribution < -0.4 is 10.6 Å². The van der Waals surface area contributed by atoms with Crippen LogP contribution in [0.2, 0.25) is 0 Å². The zero-order chi connectivity index (χ0) is 20.1. The number of likely N-dealkylation sites (tertiary alicyclic amines) is 1. The molecule has 1 aromatic rings. The fourth-order valence-corrected chi connectivity index (χ4v) is 5.16. The average molecular weight is 396 g/mol. The summed E-state index contributed by atoms with van der Waals surface area (Å²) < 4.78 is 0. The Morgan fingerprint density at radius 2 is 1.83 bits per heavy atom. The maximum Gasteiger partial charge on any atom is 0.262 e. The SMILES string of the molecule is O=C1CCC(N2C(=O)c3ccc(CN4CC5CCNC(C5)C4)cc3C2=O)C(=O)N1. The zero-order valence-electron chi connectivity index (χ0n) is 16.1. The minimum absolute atomic E-state index is 0.125. The zero-order valence-corrected chi connectivity index (χ0v) is 16.1. The van der Waals surface area contributed by atoms with Crippen molar-refractivity contribution in [3.05, 3.63) is 34.9 Å². The number of nitrogens with zero attached hydrogens (tertiary/aromatic N) is 2.